The second-order valence-corrected chi connectivity index (χ2v) is 9.45. The van der Waals surface area contributed by atoms with E-state index in [4.69, 9.17) is 9.47 Å². The van der Waals surface area contributed by atoms with Crippen LogP contribution in [0.4, 0.5) is 19.0 Å². The van der Waals surface area contributed by atoms with Crippen LogP contribution in [0.25, 0.3) is 0 Å². The predicted molar refractivity (Wildman–Crippen MR) is 109 cm³/mol. The normalized spacial score (nSPS) is 34.2. The minimum absolute atomic E-state index is 0.00797. The highest BCUT2D eigenvalue weighted by Crippen LogP contribution is 2.77. The number of rotatable bonds is 5. The van der Waals surface area contributed by atoms with Crippen LogP contribution >= 0.6 is 0 Å². The van der Waals surface area contributed by atoms with Crippen molar-refractivity contribution < 1.29 is 32.5 Å². The van der Waals surface area contributed by atoms with E-state index < -0.39 is 46.8 Å². The number of nitrogens with zero attached hydrogens (tertiary/aromatic N) is 2. The molecule has 2 aromatic heterocycles. The number of carbonyl (C=O) groups excluding carboxylic acids is 1. The fourth-order valence-corrected chi connectivity index (χ4v) is 5.93. The third-order valence-electron chi connectivity index (χ3n) is 7.65. The highest BCUT2D eigenvalue weighted by molar-refractivity contribution is 6.00. The van der Waals surface area contributed by atoms with Crippen LogP contribution in [-0.2, 0) is 21.1 Å². The minimum atomic E-state index is -4.54. The van der Waals surface area contributed by atoms with Crippen molar-refractivity contribution in [2.24, 2.45) is 5.41 Å². The zero-order valence-corrected chi connectivity index (χ0v) is 17.7. The minimum Gasteiger partial charge on any atom is -0.481 e. The smallest absolute Gasteiger partial charge is 0.416 e. The van der Waals surface area contributed by atoms with Crippen LogP contribution in [-0.4, -0.2) is 46.4 Å². The van der Waals surface area contributed by atoms with E-state index >= 15 is 0 Å². The molecule has 6 rings (SSSR count). The summed E-state index contributed by atoms with van der Waals surface area (Å²) in [6.45, 7) is 0. The van der Waals surface area contributed by atoms with Gasteiger partial charge in [-0.15, -0.1) is 0 Å². The van der Waals surface area contributed by atoms with Gasteiger partial charge in [-0.1, -0.05) is 0 Å². The Morgan fingerprint density at radius 3 is 2.79 bits per heavy atom. The van der Waals surface area contributed by atoms with E-state index in [1.54, 1.807) is 18.3 Å². The summed E-state index contributed by atoms with van der Waals surface area (Å²) in [5.41, 5.74) is -1.52. The predicted octanol–water partition coefficient (Wildman–Crippen LogP) is 3.18. The number of ether oxygens (including phenoxy) is 2. The lowest BCUT2D eigenvalue weighted by atomic mass is 9.74. The van der Waals surface area contributed by atoms with Gasteiger partial charge in [-0.2, -0.15) is 13.2 Å². The number of pyridine rings is 2. The molecule has 4 heterocycles. The molecule has 33 heavy (non-hydrogen) atoms. The molecule has 2 saturated heterocycles. The number of aliphatic hydroxyl groups is 1. The maximum absolute atomic E-state index is 13.6. The lowest BCUT2D eigenvalue weighted by molar-refractivity contribution is -0.137. The van der Waals surface area contributed by atoms with Crippen molar-refractivity contribution in [1.82, 2.24) is 9.97 Å². The van der Waals surface area contributed by atoms with Gasteiger partial charge in [-0.25, -0.2) is 9.97 Å². The largest absolute Gasteiger partial charge is 0.481 e. The number of hydrogen-bond acceptors (Lipinski definition) is 6. The van der Waals surface area contributed by atoms with Gasteiger partial charge < -0.3 is 19.9 Å². The van der Waals surface area contributed by atoms with Gasteiger partial charge in [0.25, 0.3) is 0 Å². The van der Waals surface area contributed by atoms with Gasteiger partial charge in [0.2, 0.25) is 11.8 Å². The summed E-state index contributed by atoms with van der Waals surface area (Å²) in [4.78, 5) is 22.1. The van der Waals surface area contributed by atoms with E-state index in [1.807, 2.05) is 0 Å². The number of methoxy groups -OCH3 is 1. The van der Waals surface area contributed by atoms with Crippen LogP contribution in [0.1, 0.15) is 48.4 Å². The summed E-state index contributed by atoms with van der Waals surface area (Å²) >= 11 is 0. The monoisotopic (exact) mass is 461 g/mol. The number of carbonyl (C=O) groups is 1. The maximum Gasteiger partial charge on any atom is 0.416 e. The van der Waals surface area contributed by atoms with Crippen LogP contribution in [0.3, 0.4) is 0 Å². The summed E-state index contributed by atoms with van der Waals surface area (Å²) in [5.74, 6) is -0.186. The lowest BCUT2D eigenvalue weighted by Crippen LogP contribution is -2.44. The van der Waals surface area contributed by atoms with Gasteiger partial charge in [-0.05, 0) is 43.0 Å². The molecular weight excluding hydrogens is 439 g/mol. The number of aliphatic hydroxyl groups excluding tert-OH is 1. The van der Waals surface area contributed by atoms with Gasteiger partial charge in [0.05, 0.1) is 36.4 Å². The average Bonchev–Trinajstić information content (AvgIpc) is 3.69. The Hall–Kier alpha value is -2.72. The van der Waals surface area contributed by atoms with E-state index in [-0.39, 0.29) is 11.7 Å². The Labute approximate surface area is 187 Å². The van der Waals surface area contributed by atoms with Gasteiger partial charge in [-0.3, -0.25) is 4.79 Å². The van der Waals surface area contributed by atoms with Crippen molar-refractivity contribution in [2.45, 2.75) is 61.5 Å². The molecule has 2 aromatic rings. The molecule has 2 aliphatic heterocycles. The van der Waals surface area contributed by atoms with Crippen molar-refractivity contribution in [1.29, 1.82) is 0 Å². The molecule has 0 aromatic carbocycles. The number of alkyl halides is 3. The van der Waals surface area contributed by atoms with Gasteiger partial charge in [0.1, 0.15) is 5.82 Å². The molecule has 2 saturated carbocycles. The molecule has 2 bridgehead atoms. The summed E-state index contributed by atoms with van der Waals surface area (Å²) in [7, 11) is 1.49. The lowest BCUT2D eigenvalue weighted by Gasteiger charge is -2.29. The highest BCUT2D eigenvalue weighted by atomic mass is 19.4. The third-order valence-corrected chi connectivity index (χ3v) is 7.65. The Bertz CT molecular complexity index is 1150. The van der Waals surface area contributed by atoms with Gasteiger partial charge in [0, 0.05) is 35.7 Å². The van der Waals surface area contributed by atoms with Crippen molar-refractivity contribution in [3.63, 3.8) is 0 Å². The van der Waals surface area contributed by atoms with Crippen molar-refractivity contribution >= 4 is 11.7 Å². The Morgan fingerprint density at radius 2 is 2.09 bits per heavy atom. The quantitative estimate of drug-likeness (QED) is 0.711. The number of halogens is 3. The number of amides is 1. The van der Waals surface area contributed by atoms with E-state index in [2.05, 4.69) is 15.3 Å². The van der Waals surface area contributed by atoms with Gasteiger partial charge in [0.15, 0.2) is 0 Å². The maximum atomic E-state index is 13.6. The Balaban J connectivity index is 1.37. The first-order valence-corrected chi connectivity index (χ1v) is 10.9. The molecule has 0 radical (unpaired) electrons. The number of nitrogens with one attached hydrogen (secondary N) is 1. The summed E-state index contributed by atoms with van der Waals surface area (Å²) in [5, 5.41) is 13.2. The number of aromatic nitrogens is 2. The van der Waals surface area contributed by atoms with Crippen LogP contribution < -0.4 is 10.1 Å². The molecule has 2 aliphatic carbocycles. The molecule has 4 aliphatic rings. The second-order valence-electron chi connectivity index (χ2n) is 9.45. The molecule has 1 amide bonds. The van der Waals surface area contributed by atoms with Crippen LogP contribution in [0.2, 0.25) is 0 Å². The summed E-state index contributed by atoms with van der Waals surface area (Å²) < 4.78 is 51.6. The molecule has 0 unspecified atom stereocenters. The van der Waals surface area contributed by atoms with Crippen molar-refractivity contribution in [2.75, 3.05) is 12.4 Å². The highest BCUT2D eigenvalue weighted by Gasteiger charge is 2.87. The molecular formula is C23H22F3N3O4. The first-order chi connectivity index (χ1) is 15.7. The molecule has 0 spiro atoms. The fourth-order valence-electron chi connectivity index (χ4n) is 5.93. The van der Waals surface area contributed by atoms with E-state index in [0.717, 1.165) is 30.5 Å². The standard InChI is InChI=1S/C23H22F3N3O4/c1-32-18-8-12(4-5-27-18)21-10-22(21,16-9-15(30)19(21)33-16)20(31)29-17-7-13(23(24,25)26)6-14(28-17)11-2-3-11/h4-8,11,15-16,19,30H,2-3,9-10H2,1H3,(H,28,29,31)/t15-,16+,19-,21+,22+/m0/s1. The average molecular weight is 461 g/mol. The van der Waals surface area contributed by atoms with Gasteiger partial charge >= 0.3 is 6.18 Å². The SMILES string of the molecule is COc1cc([C@@]23C[C@]2(C(=O)Nc2cc(C(F)(F)F)cc(C4CC4)n2)[C@H]2C[C@H](O)[C@@H]3O2)ccn1. The Morgan fingerprint density at radius 1 is 1.30 bits per heavy atom. The second kappa shape index (κ2) is 6.66. The topological polar surface area (TPSA) is 93.6 Å². The third kappa shape index (κ3) is 2.86. The molecule has 5 atom stereocenters. The van der Waals surface area contributed by atoms with Crippen LogP contribution in [0.15, 0.2) is 30.5 Å². The fraction of sp³-hybridized carbons (Fsp3) is 0.522. The Kier molecular flexibility index (Phi) is 4.21. The van der Waals surface area contributed by atoms with E-state index in [1.165, 1.54) is 7.11 Å². The number of anilines is 1. The molecule has 10 heteroatoms. The molecule has 2 N–H and O–H groups in total. The number of fused-ring (bicyclic) bond motifs is 5. The van der Waals surface area contributed by atoms with Crippen LogP contribution in [0, 0.1) is 5.41 Å². The zero-order chi connectivity index (χ0) is 23.2. The molecule has 174 valence electrons. The van der Waals surface area contributed by atoms with Crippen LogP contribution in [0.5, 0.6) is 5.88 Å². The number of hydrogen-bond donors (Lipinski definition) is 2. The molecule has 7 nitrogen and oxygen atoms in total. The first-order valence-electron chi connectivity index (χ1n) is 10.9. The summed E-state index contributed by atoms with van der Waals surface area (Å²) in [6.07, 6.45) is -2.54. The molecule has 4 fully saturated rings. The zero-order valence-electron chi connectivity index (χ0n) is 17.7. The first kappa shape index (κ1) is 20.9. The van der Waals surface area contributed by atoms with Crippen molar-refractivity contribution in [3.05, 3.63) is 47.3 Å². The van der Waals surface area contributed by atoms with E-state index in [0.29, 0.717) is 24.4 Å². The van der Waals surface area contributed by atoms with E-state index in [9.17, 15) is 23.1 Å². The summed E-state index contributed by atoms with van der Waals surface area (Å²) in [6, 6.07) is 5.43. The van der Waals surface area contributed by atoms with Crippen molar-refractivity contribution in [3.8, 4) is 5.88 Å².